The van der Waals surface area contributed by atoms with Crippen molar-refractivity contribution in [3.63, 3.8) is 0 Å². The van der Waals surface area contributed by atoms with Gasteiger partial charge in [0.05, 0.1) is 11.9 Å². The maximum absolute atomic E-state index is 5.37. The number of ether oxygens (including phenoxy) is 1. The Hall–Kier alpha value is -0.900. The van der Waals surface area contributed by atoms with E-state index in [0.29, 0.717) is 6.10 Å². The van der Waals surface area contributed by atoms with Gasteiger partial charge < -0.3 is 4.74 Å². The molecule has 0 amide bonds. The largest absolute Gasteiger partial charge is 0.495 e. The van der Waals surface area contributed by atoms with Crippen LogP contribution in [0, 0.1) is 18.8 Å². The molecule has 1 heteroatoms. The van der Waals surface area contributed by atoms with Crippen LogP contribution in [0.5, 0.6) is 0 Å². The van der Waals surface area contributed by atoms with E-state index in [1.165, 1.54) is 0 Å². The Morgan fingerprint density at radius 1 is 1.43 bits per heavy atom. The second kappa shape index (κ2) is 10.2. The van der Waals surface area contributed by atoms with E-state index in [9.17, 15) is 0 Å². The van der Waals surface area contributed by atoms with Gasteiger partial charge in [-0.3, -0.25) is 0 Å². The van der Waals surface area contributed by atoms with Crippen LogP contribution in [0.1, 0.15) is 47.5 Å². The van der Waals surface area contributed by atoms with Gasteiger partial charge in [0.25, 0.3) is 0 Å². The topological polar surface area (TPSA) is 9.23 Å². The molecule has 1 nitrogen and oxygen atoms in total. The van der Waals surface area contributed by atoms with Crippen molar-refractivity contribution >= 4 is 0 Å². The van der Waals surface area contributed by atoms with E-state index in [-0.39, 0.29) is 0 Å². The van der Waals surface area contributed by atoms with Gasteiger partial charge in [0, 0.05) is 12.8 Å². The minimum Gasteiger partial charge on any atom is -0.495 e. The van der Waals surface area contributed by atoms with Gasteiger partial charge in [-0.05, 0) is 18.9 Å². The minimum absolute atomic E-state index is 0.435. The molecule has 1 atom stereocenters. The normalized spacial score (nSPS) is 18.3. The molecule has 1 unspecified atom stereocenters. The Balaban J connectivity index is 0. The highest BCUT2D eigenvalue weighted by Gasteiger charge is 2.09. The number of terminal acetylenes is 1. The zero-order chi connectivity index (χ0) is 11.6. The molecule has 1 aliphatic rings. The van der Waals surface area contributed by atoms with Crippen LogP contribution in [0.4, 0.5) is 0 Å². The van der Waals surface area contributed by atoms with Crippen molar-refractivity contribution in [2.75, 3.05) is 0 Å². The second-order valence-corrected chi connectivity index (χ2v) is 3.92. The minimum atomic E-state index is 0.435. The van der Waals surface area contributed by atoms with Crippen molar-refractivity contribution < 1.29 is 4.74 Å². The van der Waals surface area contributed by atoms with Crippen molar-refractivity contribution in [3.05, 3.63) is 11.8 Å². The van der Waals surface area contributed by atoms with E-state index >= 15 is 0 Å². The molecule has 0 saturated carbocycles. The van der Waals surface area contributed by atoms with Crippen LogP contribution in [0.15, 0.2) is 11.8 Å². The third-order valence-corrected chi connectivity index (χ3v) is 1.38. The van der Waals surface area contributed by atoms with Crippen molar-refractivity contribution in [1.29, 1.82) is 0 Å². The van der Waals surface area contributed by atoms with Gasteiger partial charge in [-0.1, -0.05) is 27.7 Å². The third kappa shape index (κ3) is 11.1. The molecule has 0 fully saturated rings. The summed E-state index contributed by atoms with van der Waals surface area (Å²) in [5.41, 5.74) is 0. The van der Waals surface area contributed by atoms with Crippen LogP contribution in [0.3, 0.4) is 0 Å². The summed E-state index contributed by atoms with van der Waals surface area (Å²) in [6.07, 6.45) is 12.8. The van der Waals surface area contributed by atoms with Crippen molar-refractivity contribution in [2.24, 2.45) is 5.92 Å². The molecule has 0 aromatic heterocycles. The van der Waals surface area contributed by atoms with E-state index in [4.69, 9.17) is 4.74 Å². The molecule has 0 bridgehead atoms. The lowest BCUT2D eigenvalue weighted by Crippen LogP contribution is -1.97. The Morgan fingerprint density at radius 3 is 2.00 bits per heavy atom. The zero-order valence-corrected chi connectivity index (χ0v) is 10.2. The molecule has 1 heterocycles. The van der Waals surface area contributed by atoms with Gasteiger partial charge >= 0.3 is 0 Å². The molecular weight excluding hydrogens is 172 g/mol. The predicted molar refractivity (Wildman–Crippen MR) is 63.9 cm³/mol. The first kappa shape index (κ1) is 15.6. The lowest BCUT2D eigenvalue weighted by atomic mass is 10.3. The van der Waals surface area contributed by atoms with Gasteiger partial charge in [0.15, 0.2) is 0 Å². The van der Waals surface area contributed by atoms with Crippen LogP contribution >= 0.6 is 0 Å². The molecule has 0 radical (unpaired) electrons. The fourth-order valence-electron chi connectivity index (χ4n) is 0.880. The zero-order valence-electron chi connectivity index (χ0n) is 10.2. The number of rotatable bonds is 1. The smallest absolute Gasteiger partial charge is 0.0989 e. The first-order valence-electron chi connectivity index (χ1n) is 5.25. The number of allylic oxidation sites excluding steroid dienone is 1. The quantitative estimate of drug-likeness (QED) is 0.576. The van der Waals surface area contributed by atoms with Gasteiger partial charge in [-0.25, -0.2) is 0 Å². The SMILES string of the molecule is C#C.CC(C)C.CCC1=CCC(C)O1. The highest BCUT2D eigenvalue weighted by atomic mass is 16.5. The van der Waals surface area contributed by atoms with Crippen molar-refractivity contribution in [3.8, 4) is 12.8 Å². The maximum atomic E-state index is 5.37. The highest BCUT2D eigenvalue weighted by Crippen LogP contribution is 2.17. The van der Waals surface area contributed by atoms with E-state index in [1.807, 2.05) is 0 Å². The summed E-state index contributed by atoms with van der Waals surface area (Å²) in [5, 5.41) is 0. The van der Waals surface area contributed by atoms with Crippen LogP contribution in [-0.2, 0) is 4.74 Å². The summed E-state index contributed by atoms with van der Waals surface area (Å²) in [6.45, 7) is 10.7. The summed E-state index contributed by atoms with van der Waals surface area (Å²) in [6, 6.07) is 0. The Labute approximate surface area is 89.5 Å². The fraction of sp³-hybridized carbons (Fsp3) is 0.692. The van der Waals surface area contributed by atoms with Gasteiger partial charge in [0.2, 0.25) is 0 Å². The first-order chi connectivity index (χ1) is 6.56. The van der Waals surface area contributed by atoms with Crippen molar-refractivity contribution in [1.82, 2.24) is 0 Å². The highest BCUT2D eigenvalue weighted by molar-refractivity contribution is 4.99. The molecule has 14 heavy (non-hydrogen) atoms. The standard InChI is InChI=1S/C7H12O.C4H10.C2H2/c1-3-7-5-4-6(2)8-7;1-4(2)3;1-2/h5-6H,3-4H2,1-2H3;4H,1-3H3;1-2H. The van der Waals surface area contributed by atoms with E-state index < -0.39 is 0 Å². The van der Waals surface area contributed by atoms with Gasteiger partial charge in [-0.15, -0.1) is 12.8 Å². The number of hydrogen-bond donors (Lipinski definition) is 0. The molecule has 0 aromatic rings. The van der Waals surface area contributed by atoms with E-state index in [0.717, 1.165) is 24.5 Å². The Kier molecular flexibility index (Phi) is 11.3. The van der Waals surface area contributed by atoms with Crippen LogP contribution in [-0.4, -0.2) is 6.10 Å². The average Bonchev–Trinajstić information content (AvgIpc) is 2.54. The second-order valence-electron chi connectivity index (χ2n) is 3.92. The monoisotopic (exact) mass is 196 g/mol. The predicted octanol–water partition coefficient (Wildman–Crippen LogP) is 4.00. The third-order valence-electron chi connectivity index (χ3n) is 1.38. The Bertz CT molecular complexity index is 163. The molecular formula is C13H24O. The summed E-state index contributed by atoms with van der Waals surface area (Å²) in [7, 11) is 0. The van der Waals surface area contributed by atoms with Gasteiger partial charge in [0.1, 0.15) is 0 Å². The van der Waals surface area contributed by atoms with Crippen LogP contribution in [0.2, 0.25) is 0 Å². The summed E-state index contributed by atoms with van der Waals surface area (Å²) in [4.78, 5) is 0. The molecule has 0 saturated heterocycles. The molecule has 0 aliphatic carbocycles. The Morgan fingerprint density at radius 2 is 1.86 bits per heavy atom. The molecule has 0 N–H and O–H groups in total. The van der Waals surface area contributed by atoms with Crippen LogP contribution < -0.4 is 0 Å². The summed E-state index contributed by atoms with van der Waals surface area (Å²) >= 11 is 0. The average molecular weight is 196 g/mol. The number of hydrogen-bond acceptors (Lipinski definition) is 1. The summed E-state index contributed by atoms with van der Waals surface area (Å²) in [5.74, 6) is 2.00. The first-order valence-corrected chi connectivity index (χ1v) is 5.25. The van der Waals surface area contributed by atoms with Crippen molar-refractivity contribution in [2.45, 2.75) is 53.6 Å². The van der Waals surface area contributed by atoms with Gasteiger partial charge in [-0.2, -0.15) is 0 Å². The lowest BCUT2D eigenvalue weighted by molar-refractivity contribution is 0.154. The summed E-state index contributed by atoms with van der Waals surface area (Å²) < 4.78 is 5.37. The lowest BCUT2D eigenvalue weighted by Gasteiger charge is -2.04. The molecule has 1 rings (SSSR count). The van der Waals surface area contributed by atoms with E-state index in [1.54, 1.807) is 0 Å². The molecule has 1 aliphatic heterocycles. The van der Waals surface area contributed by atoms with E-state index in [2.05, 4.69) is 53.5 Å². The molecule has 0 aromatic carbocycles. The maximum Gasteiger partial charge on any atom is 0.0989 e. The fourth-order valence-corrected chi connectivity index (χ4v) is 0.880. The molecule has 82 valence electrons. The molecule has 0 spiro atoms. The van der Waals surface area contributed by atoms with Crippen LogP contribution in [0.25, 0.3) is 0 Å².